The molecular formula is C31H65NO6S. The van der Waals surface area contributed by atoms with Crippen molar-refractivity contribution in [1.29, 1.82) is 0 Å². The van der Waals surface area contributed by atoms with Crippen LogP contribution >= 0.6 is 11.8 Å². The molecule has 0 aromatic carbocycles. The van der Waals surface area contributed by atoms with Crippen LogP contribution in [0, 0.1) is 0 Å². The molecular weight excluding hydrogens is 514 g/mol. The lowest BCUT2D eigenvalue weighted by Gasteiger charge is -2.08. The fourth-order valence-electron chi connectivity index (χ4n) is 4.19. The Morgan fingerprint density at radius 1 is 0.359 bits per heavy atom. The molecule has 0 radical (unpaired) electrons. The third kappa shape index (κ3) is 38.1. The molecule has 0 saturated carbocycles. The van der Waals surface area contributed by atoms with E-state index in [9.17, 15) is 0 Å². The SMILES string of the molecule is NCCOCCOCCOCCOCCOCCCCCCCCCCCSCCCCCCCCCCO. The molecule has 236 valence electrons. The zero-order valence-electron chi connectivity index (χ0n) is 25.4. The molecule has 3 N–H and O–H groups in total. The summed E-state index contributed by atoms with van der Waals surface area (Å²) >= 11 is 2.16. The third-order valence-corrected chi connectivity index (χ3v) is 7.68. The number of ether oxygens (including phenoxy) is 5. The quantitative estimate of drug-likeness (QED) is 0.0826. The molecule has 0 fully saturated rings. The largest absolute Gasteiger partial charge is 0.396 e. The van der Waals surface area contributed by atoms with Crippen molar-refractivity contribution < 1.29 is 28.8 Å². The van der Waals surface area contributed by atoms with Gasteiger partial charge in [0.15, 0.2) is 0 Å². The van der Waals surface area contributed by atoms with Crippen molar-refractivity contribution in [3.63, 3.8) is 0 Å². The predicted molar refractivity (Wildman–Crippen MR) is 166 cm³/mol. The average Bonchev–Trinajstić information content (AvgIpc) is 2.95. The van der Waals surface area contributed by atoms with Gasteiger partial charge in [-0.15, -0.1) is 0 Å². The lowest BCUT2D eigenvalue weighted by molar-refractivity contribution is -0.0107. The zero-order valence-corrected chi connectivity index (χ0v) is 26.2. The van der Waals surface area contributed by atoms with Gasteiger partial charge in [-0.1, -0.05) is 83.5 Å². The highest BCUT2D eigenvalue weighted by atomic mass is 32.2. The van der Waals surface area contributed by atoms with Gasteiger partial charge in [-0.2, -0.15) is 11.8 Å². The van der Waals surface area contributed by atoms with Crippen molar-refractivity contribution in [1.82, 2.24) is 0 Å². The smallest absolute Gasteiger partial charge is 0.0701 e. The first kappa shape index (κ1) is 39.1. The van der Waals surface area contributed by atoms with Gasteiger partial charge in [-0.3, -0.25) is 0 Å². The Kier molecular flexibility index (Phi) is 38.1. The minimum absolute atomic E-state index is 0.358. The molecule has 7 nitrogen and oxygen atoms in total. The molecule has 0 aliphatic heterocycles. The van der Waals surface area contributed by atoms with Gasteiger partial charge in [0, 0.05) is 19.8 Å². The predicted octanol–water partition coefficient (Wildman–Crippen LogP) is 6.39. The first-order chi connectivity index (χ1) is 19.4. The Morgan fingerprint density at radius 2 is 0.667 bits per heavy atom. The highest BCUT2D eigenvalue weighted by Crippen LogP contribution is 2.14. The second-order valence-electron chi connectivity index (χ2n) is 10.2. The van der Waals surface area contributed by atoms with Crippen LogP contribution in [0.4, 0.5) is 0 Å². The Labute approximate surface area is 246 Å². The summed E-state index contributed by atoms with van der Waals surface area (Å²) < 4.78 is 27.3. The van der Waals surface area contributed by atoms with E-state index in [0.717, 1.165) is 19.4 Å². The molecule has 0 aromatic heterocycles. The molecule has 0 aliphatic rings. The summed E-state index contributed by atoms with van der Waals surface area (Å²) in [6, 6.07) is 0. The van der Waals surface area contributed by atoms with E-state index in [2.05, 4.69) is 11.8 Å². The summed E-state index contributed by atoms with van der Waals surface area (Å²) in [6.45, 7) is 7.10. The third-order valence-electron chi connectivity index (χ3n) is 6.52. The highest BCUT2D eigenvalue weighted by Gasteiger charge is 1.97. The minimum Gasteiger partial charge on any atom is -0.396 e. The van der Waals surface area contributed by atoms with Gasteiger partial charge in [0.25, 0.3) is 0 Å². The van der Waals surface area contributed by atoms with Crippen LogP contribution in [0.25, 0.3) is 0 Å². The molecule has 0 bridgehead atoms. The van der Waals surface area contributed by atoms with E-state index in [1.807, 2.05) is 0 Å². The topological polar surface area (TPSA) is 92.4 Å². The summed E-state index contributed by atoms with van der Waals surface area (Å²) in [7, 11) is 0. The lowest BCUT2D eigenvalue weighted by atomic mass is 10.1. The normalized spacial score (nSPS) is 11.5. The molecule has 0 heterocycles. The van der Waals surface area contributed by atoms with Gasteiger partial charge in [0.1, 0.15) is 0 Å². The van der Waals surface area contributed by atoms with Gasteiger partial charge in [0.2, 0.25) is 0 Å². The van der Waals surface area contributed by atoms with E-state index in [0.29, 0.717) is 72.6 Å². The molecule has 0 aromatic rings. The molecule has 0 saturated heterocycles. The standard InChI is InChI=1S/C31H65NO6S/c32-18-21-35-23-25-37-27-29-38-28-26-36-24-22-34-20-15-11-7-3-1-4-8-12-16-30-39-31-17-13-9-5-2-6-10-14-19-33/h33H,1-32H2. The summed E-state index contributed by atoms with van der Waals surface area (Å²) in [5, 5.41) is 8.77. The number of thioether (sulfide) groups is 1. The fraction of sp³-hybridized carbons (Fsp3) is 1.00. The summed E-state index contributed by atoms with van der Waals surface area (Å²) in [6.07, 6.45) is 22.5. The first-order valence-electron chi connectivity index (χ1n) is 16.2. The van der Waals surface area contributed by atoms with Crippen molar-refractivity contribution in [3.05, 3.63) is 0 Å². The van der Waals surface area contributed by atoms with Crippen molar-refractivity contribution >= 4 is 11.8 Å². The van der Waals surface area contributed by atoms with Crippen LogP contribution in [0.2, 0.25) is 0 Å². The van der Waals surface area contributed by atoms with Gasteiger partial charge in [-0.05, 0) is 37.2 Å². The van der Waals surface area contributed by atoms with Crippen molar-refractivity contribution in [3.8, 4) is 0 Å². The van der Waals surface area contributed by atoms with Crippen LogP contribution in [-0.4, -0.2) is 95.8 Å². The molecule has 0 rings (SSSR count). The molecule has 39 heavy (non-hydrogen) atoms. The van der Waals surface area contributed by atoms with E-state index >= 15 is 0 Å². The second-order valence-corrected chi connectivity index (χ2v) is 11.4. The Hall–Kier alpha value is 0.0700. The Morgan fingerprint density at radius 3 is 1.05 bits per heavy atom. The number of rotatable bonds is 36. The first-order valence-corrected chi connectivity index (χ1v) is 17.3. The monoisotopic (exact) mass is 579 g/mol. The highest BCUT2D eigenvalue weighted by molar-refractivity contribution is 7.99. The van der Waals surface area contributed by atoms with E-state index in [1.165, 1.54) is 108 Å². The maximum atomic E-state index is 8.77. The summed E-state index contributed by atoms with van der Waals surface area (Å²) in [4.78, 5) is 0. The molecule has 0 amide bonds. The number of nitrogens with two attached hydrogens (primary N) is 1. The van der Waals surface area contributed by atoms with Crippen molar-refractivity contribution in [2.24, 2.45) is 5.73 Å². The van der Waals surface area contributed by atoms with E-state index in [1.54, 1.807) is 0 Å². The van der Waals surface area contributed by atoms with Crippen molar-refractivity contribution in [2.75, 3.05) is 90.7 Å². The molecule has 0 aliphatic carbocycles. The maximum Gasteiger partial charge on any atom is 0.0701 e. The second kappa shape index (κ2) is 38.1. The number of aliphatic hydroxyl groups is 1. The van der Waals surface area contributed by atoms with Crippen LogP contribution in [0.5, 0.6) is 0 Å². The Bertz CT molecular complexity index is 387. The Balaban J connectivity index is 3.01. The van der Waals surface area contributed by atoms with Crippen LogP contribution in [0.1, 0.15) is 109 Å². The molecule has 8 heteroatoms. The molecule has 0 atom stereocenters. The molecule has 0 spiro atoms. The van der Waals surface area contributed by atoms with E-state index in [4.69, 9.17) is 34.5 Å². The van der Waals surface area contributed by atoms with Gasteiger partial charge < -0.3 is 34.5 Å². The number of aliphatic hydroxyl groups excluding tert-OH is 1. The van der Waals surface area contributed by atoms with Gasteiger partial charge >= 0.3 is 0 Å². The minimum atomic E-state index is 0.358. The van der Waals surface area contributed by atoms with Gasteiger partial charge in [-0.25, -0.2) is 0 Å². The van der Waals surface area contributed by atoms with Crippen LogP contribution in [-0.2, 0) is 23.7 Å². The van der Waals surface area contributed by atoms with Crippen molar-refractivity contribution in [2.45, 2.75) is 109 Å². The zero-order chi connectivity index (χ0) is 28.2. The summed E-state index contributed by atoms with van der Waals surface area (Å²) in [5.74, 6) is 2.70. The lowest BCUT2D eigenvalue weighted by Crippen LogP contribution is -2.14. The van der Waals surface area contributed by atoms with Crippen LogP contribution in [0.3, 0.4) is 0 Å². The number of hydrogen-bond donors (Lipinski definition) is 2. The number of unbranched alkanes of at least 4 members (excludes halogenated alkanes) is 15. The van der Waals surface area contributed by atoms with Crippen LogP contribution < -0.4 is 5.73 Å². The van der Waals surface area contributed by atoms with E-state index < -0.39 is 0 Å². The van der Waals surface area contributed by atoms with E-state index in [-0.39, 0.29) is 0 Å². The summed E-state index contributed by atoms with van der Waals surface area (Å²) in [5.41, 5.74) is 5.34. The maximum absolute atomic E-state index is 8.77. The number of hydrogen-bond acceptors (Lipinski definition) is 8. The fourth-order valence-corrected chi connectivity index (χ4v) is 5.21. The average molecular weight is 580 g/mol. The molecule has 0 unspecified atom stereocenters. The van der Waals surface area contributed by atoms with Gasteiger partial charge in [0.05, 0.1) is 59.5 Å². The van der Waals surface area contributed by atoms with Crippen LogP contribution in [0.15, 0.2) is 0 Å².